The fraction of sp³-hybridized carbons (Fsp3) is 0.250. The lowest BCUT2D eigenvalue weighted by Crippen LogP contribution is -2.31. The Morgan fingerprint density at radius 3 is 3.00 bits per heavy atom. The van der Waals surface area contributed by atoms with Gasteiger partial charge in [-0.05, 0) is 12.1 Å². The Kier molecular flexibility index (Phi) is 5.35. The van der Waals surface area contributed by atoms with Crippen LogP contribution < -0.4 is 11.1 Å². The van der Waals surface area contributed by atoms with Crippen molar-refractivity contribution >= 4 is 11.9 Å². The van der Waals surface area contributed by atoms with E-state index in [0.717, 1.165) is 0 Å². The summed E-state index contributed by atoms with van der Waals surface area (Å²) in [5, 5.41) is 2.39. The van der Waals surface area contributed by atoms with E-state index in [1.165, 1.54) is 13.3 Å². The van der Waals surface area contributed by atoms with Crippen LogP contribution in [0.4, 0.5) is 0 Å². The number of ether oxygens (including phenoxy) is 1. The smallest absolute Gasteiger partial charge is 0.325 e. The number of nitrogens with zero attached hydrogens (tertiary/aromatic N) is 1. The molecule has 0 aliphatic rings. The third-order valence-electron chi connectivity index (χ3n) is 1.97. The van der Waals surface area contributed by atoms with Crippen LogP contribution in [0.5, 0.6) is 0 Å². The first-order valence-corrected chi connectivity index (χ1v) is 5.18. The molecule has 0 spiro atoms. The van der Waals surface area contributed by atoms with Crippen molar-refractivity contribution < 1.29 is 14.3 Å². The zero-order valence-electron chi connectivity index (χ0n) is 9.90. The molecule has 0 fully saturated rings. The number of carbonyl (C=O) groups is 2. The van der Waals surface area contributed by atoms with E-state index < -0.39 is 11.9 Å². The minimum Gasteiger partial charge on any atom is -0.468 e. The predicted molar refractivity (Wildman–Crippen MR) is 64.5 cm³/mol. The van der Waals surface area contributed by atoms with Gasteiger partial charge in [0.25, 0.3) is 5.91 Å². The number of hydrogen-bond acceptors (Lipinski definition) is 5. The lowest BCUT2D eigenvalue weighted by atomic mass is 10.2. The number of esters is 1. The van der Waals surface area contributed by atoms with Crippen molar-refractivity contribution in [1.82, 2.24) is 10.3 Å². The van der Waals surface area contributed by atoms with Gasteiger partial charge in [-0.1, -0.05) is 11.8 Å². The highest BCUT2D eigenvalue weighted by Crippen LogP contribution is 2.03. The summed E-state index contributed by atoms with van der Waals surface area (Å²) >= 11 is 0. The molecule has 0 radical (unpaired) electrons. The predicted octanol–water partition coefficient (Wildman–Crippen LogP) is -0.705. The molecular formula is C12H13N3O3. The van der Waals surface area contributed by atoms with Gasteiger partial charge in [-0.2, -0.15) is 0 Å². The van der Waals surface area contributed by atoms with E-state index >= 15 is 0 Å². The van der Waals surface area contributed by atoms with Gasteiger partial charge in [0, 0.05) is 6.20 Å². The van der Waals surface area contributed by atoms with Gasteiger partial charge in [0.05, 0.1) is 19.2 Å². The average molecular weight is 247 g/mol. The van der Waals surface area contributed by atoms with Crippen LogP contribution >= 0.6 is 0 Å². The van der Waals surface area contributed by atoms with Crippen molar-refractivity contribution in [2.24, 2.45) is 5.73 Å². The van der Waals surface area contributed by atoms with E-state index in [1.807, 2.05) is 0 Å². The number of nitrogens with two attached hydrogens (primary N) is 1. The van der Waals surface area contributed by atoms with E-state index in [2.05, 4.69) is 26.9 Å². The van der Waals surface area contributed by atoms with Crippen LogP contribution in [0.2, 0.25) is 0 Å². The number of rotatable bonds is 3. The maximum absolute atomic E-state index is 11.8. The van der Waals surface area contributed by atoms with Crippen molar-refractivity contribution in [3.63, 3.8) is 0 Å². The summed E-state index contributed by atoms with van der Waals surface area (Å²) in [6, 6.07) is 3.32. The maximum atomic E-state index is 11.8. The number of aromatic nitrogens is 1. The highest BCUT2D eigenvalue weighted by atomic mass is 16.5. The minimum atomic E-state index is -0.533. The van der Waals surface area contributed by atoms with Gasteiger partial charge < -0.3 is 15.8 Å². The summed E-state index contributed by atoms with van der Waals surface area (Å²) in [5.41, 5.74) is 5.88. The number of methoxy groups -OCH3 is 1. The molecule has 3 N–H and O–H groups in total. The van der Waals surface area contributed by atoms with E-state index in [0.29, 0.717) is 5.56 Å². The van der Waals surface area contributed by atoms with E-state index in [-0.39, 0.29) is 18.8 Å². The van der Waals surface area contributed by atoms with E-state index in [9.17, 15) is 9.59 Å². The molecule has 0 aliphatic carbocycles. The van der Waals surface area contributed by atoms with Crippen LogP contribution in [0.15, 0.2) is 18.3 Å². The first kappa shape index (κ1) is 13.7. The molecule has 94 valence electrons. The molecule has 0 aromatic carbocycles. The molecule has 6 heteroatoms. The Balaban J connectivity index is 2.82. The normalized spacial score (nSPS) is 9.00. The summed E-state index contributed by atoms with van der Waals surface area (Å²) in [7, 11) is 1.24. The third kappa shape index (κ3) is 3.88. The average Bonchev–Trinajstić information content (AvgIpc) is 2.42. The molecule has 0 atom stereocenters. The van der Waals surface area contributed by atoms with Gasteiger partial charge in [-0.15, -0.1) is 0 Å². The van der Waals surface area contributed by atoms with Crippen LogP contribution in [0.25, 0.3) is 0 Å². The molecule has 0 unspecified atom stereocenters. The van der Waals surface area contributed by atoms with Gasteiger partial charge in [-0.3, -0.25) is 9.59 Å². The molecular weight excluding hydrogens is 234 g/mol. The summed E-state index contributed by atoms with van der Waals surface area (Å²) in [5.74, 6) is 4.37. The molecule has 1 heterocycles. The number of carbonyl (C=O) groups excluding carboxylic acids is 2. The molecule has 1 aromatic rings. The highest BCUT2D eigenvalue weighted by Gasteiger charge is 2.12. The van der Waals surface area contributed by atoms with Gasteiger partial charge in [0.15, 0.2) is 0 Å². The second kappa shape index (κ2) is 7.04. The molecule has 1 amide bonds. The van der Waals surface area contributed by atoms with Crippen molar-refractivity contribution in [2.45, 2.75) is 0 Å². The van der Waals surface area contributed by atoms with Crippen molar-refractivity contribution in [3.05, 3.63) is 29.6 Å². The van der Waals surface area contributed by atoms with Crippen LogP contribution in [-0.2, 0) is 9.53 Å². The fourth-order valence-electron chi connectivity index (χ4n) is 1.14. The van der Waals surface area contributed by atoms with Crippen LogP contribution in [0.3, 0.4) is 0 Å². The fourth-order valence-corrected chi connectivity index (χ4v) is 1.14. The number of amides is 1. The topological polar surface area (TPSA) is 94.3 Å². The first-order chi connectivity index (χ1) is 8.69. The molecule has 18 heavy (non-hydrogen) atoms. The van der Waals surface area contributed by atoms with Crippen LogP contribution in [-0.4, -0.2) is 37.1 Å². The number of pyridine rings is 1. The zero-order valence-corrected chi connectivity index (χ0v) is 9.90. The molecule has 0 saturated carbocycles. The molecule has 1 rings (SSSR count). The van der Waals surface area contributed by atoms with Gasteiger partial charge >= 0.3 is 5.97 Å². The number of nitrogens with one attached hydrogen (secondary N) is 1. The summed E-state index contributed by atoms with van der Waals surface area (Å²) in [6.45, 7) is -0.0201. The Morgan fingerprint density at radius 1 is 1.56 bits per heavy atom. The molecule has 6 nitrogen and oxygen atoms in total. The second-order valence-electron chi connectivity index (χ2n) is 3.16. The van der Waals surface area contributed by atoms with Crippen LogP contribution in [0.1, 0.15) is 16.1 Å². The molecule has 1 aromatic heterocycles. The first-order valence-electron chi connectivity index (χ1n) is 5.18. The Bertz CT molecular complexity index is 503. The van der Waals surface area contributed by atoms with Gasteiger partial charge in [0.1, 0.15) is 12.2 Å². The zero-order chi connectivity index (χ0) is 13.4. The monoisotopic (exact) mass is 247 g/mol. The summed E-state index contributed by atoms with van der Waals surface area (Å²) in [4.78, 5) is 26.6. The lowest BCUT2D eigenvalue weighted by Gasteiger charge is -2.04. The molecule has 0 aliphatic heterocycles. The van der Waals surface area contributed by atoms with Gasteiger partial charge in [-0.25, -0.2) is 4.98 Å². The Morgan fingerprint density at radius 2 is 2.33 bits per heavy atom. The second-order valence-corrected chi connectivity index (χ2v) is 3.16. The van der Waals surface area contributed by atoms with Crippen molar-refractivity contribution in [1.29, 1.82) is 0 Å². The van der Waals surface area contributed by atoms with Crippen LogP contribution in [0, 0.1) is 11.8 Å². The minimum absolute atomic E-state index is 0.155. The third-order valence-corrected chi connectivity index (χ3v) is 1.97. The van der Waals surface area contributed by atoms with E-state index in [4.69, 9.17) is 5.73 Å². The maximum Gasteiger partial charge on any atom is 0.325 e. The quantitative estimate of drug-likeness (QED) is 0.544. The molecule has 0 saturated heterocycles. The Labute approximate surface area is 105 Å². The largest absolute Gasteiger partial charge is 0.468 e. The SMILES string of the molecule is COC(=O)CNC(=O)c1ncccc1C#CCN. The lowest BCUT2D eigenvalue weighted by molar-refractivity contribution is -0.139. The summed E-state index contributed by atoms with van der Waals surface area (Å²) in [6.07, 6.45) is 1.47. The molecule has 0 bridgehead atoms. The highest BCUT2D eigenvalue weighted by molar-refractivity contribution is 5.96. The summed E-state index contributed by atoms with van der Waals surface area (Å²) < 4.78 is 4.41. The van der Waals surface area contributed by atoms with Crippen molar-refractivity contribution in [3.8, 4) is 11.8 Å². The van der Waals surface area contributed by atoms with Crippen molar-refractivity contribution in [2.75, 3.05) is 20.2 Å². The standard InChI is InChI=1S/C12H13N3O3/c1-18-10(16)8-15-12(17)11-9(4-2-6-13)5-3-7-14-11/h3,5,7H,6,8,13H2,1H3,(H,15,17). The number of hydrogen-bond donors (Lipinski definition) is 2. The Hall–Kier alpha value is -2.39. The van der Waals surface area contributed by atoms with E-state index in [1.54, 1.807) is 12.1 Å². The van der Waals surface area contributed by atoms with Gasteiger partial charge in [0.2, 0.25) is 0 Å².